The summed E-state index contributed by atoms with van der Waals surface area (Å²) in [6.07, 6.45) is -0.986. The van der Waals surface area contributed by atoms with Gasteiger partial charge in [0, 0.05) is 4.43 Å². The van der Waals surface area contributed by atoms with Crippen LogP contribution in [0.25, 0.3) is 0 Å². The molecule has 0 unspecified atom stereocenters. The first kappa shape index (κ1) is 25.0. The summed E-state index contributed by atoms with van der Waals surface area (Å²) in [7, 11) is -7.42. The van der Waals surface area contributed by atoms with E-state index in [0.29, 0.717) is 10.8 Å². The van der Waals surface area contributed by atoms with Gasteiger partial charge in [0.1, 0.15) is 0 Å². The predicted octanol–water partition coefficient (Wildman–Crippen LogP) is 6.22. The molecule has 0 radical (unpaired) electrons. The lowest BCUT2D eigenvalue weighted by molar-refractivity contribution is 0.122. The predicted molar refractivity (Wildman–Crippen MR) is 107 cm³/mol. The molecular weight excluding hydrogens is 465 g/mol. The zero-order valence-electron chi connectivity index (χ0n) is 16.0. The van der Waals surface area contributed by atoms with Gasteiger partial charge in [-0.05, 0) is 61.8 Å². The third kappa shape index (κ3) is 8.61. The van der Waals surface area contributed by atoms with E-state index in [1.165, 1.54) is 0 Å². The van der Waals surface area contributed by atoms with Crippen molar-refractivity contribution in [3.63, 3.8) is 0 Å². The van der Waals surface area contributed by atoms with E-state index < -0.39 is 20.6 Å². The van der Waals surface area contributed by atoms with Crippen LogP contribution < -0.4 is 0 Å². The highest BCUT2D eigenvalue weighted by molar-refractivity contribution is 14.1. The lowest BCUT2D eigenvalue weighted by atomic mass is 10.5. The van der Waals surface area contributed by atoms with Gasteiger partial charge in [0.25, 0.3) is 0 Å². The Bertz CT molecular complexity index is 387. The second-order valence-corrected chi connectivity index (χ2v) is 12.4. The largest absolute Gasteiger partial charge is 0.346 e. The van der Waals surface area contributed by atoms with Crippen molar-refractivity contribution in [2.24, 2.45) is 0 Å². The van der Waals surface area contributed by atoms with E-state index in [4.69, 9.17) is 18.1 Å². The molecule has 0 N–H and O–H groups in total. The van der Waals surface area contributed by atoms with Crippen LogP contribution in [-0.4, -0.2) is 34.2 Å². The van der Waals surface area contributed by atoms with E-state index in [0.717, 1.165) is 0 Å². The number of hydrogen-bond acceptors (Lipinski definition) is 6. The zero-order chi connectivity index (χ0) is 19.1. The van der Waals surface area contributed by atoms with Crippen LogP contribution in [0.1, 0.15) is 61.8 Å². The monoisotopic (exact) mass is 498 g/mol. The minimum absolute atomic E-state index is 0.335. The average molecular weight is 498 g/mol. The van der Waals surface area contributed by atoms with Crippen LogP contribution in [0, 0.1) is 0 Å². The Labute approximate surface area is 160 Å². The minimum atomic E-state index is -3.71. The molecule has 0 rings (SSSR count). The Hall–Kier alpha value is 1.03. The average Bonchev–Trinajstić information content (AvgIpc) is 2.30. The molecule has 0 heterocycles. The standard InChI is InChI=1S/C15H33IO6P2/c1-11(2)19-23(17,20-12(3)4)15(9-10-16)24(18,21-13(5)6)22-14(7)8/h11-15H,9-10H2,1-8H3. The maximum atomic E-state index is 13.6. The Morgan fingerprint density at radius 3 is 1.08 bits per heavy atom. The molecule has 0 aromatic rings. The van der Waals surface area contributed by atoms with Gasteiger partial charge in [-0.1, -0.05) is 22.6 Å². The molecule has 0 aromatic carbocycles. The molecule has 146 valence electrons. The minimum Gasteiger partial charge on any atom is -0.305 e. The summed E-state index contributed by atoms with van der Waals surface area (Å²) in [4.78, 5) is 0. The van der Waals surface area contributed by atoms with Gasteiger partial charge in [-0.2, -0.15) is 0 Å². The van der Waals surface area contributed by atoms with Gasteiger partial charge < -0.3 is 18.1 Å². The lowest BCUT2D eigenvalue weighted by Crippen LogP contribution is -2.23. The first-order valence-corrected chi connectivity index (χ1v) is 13.1. The molecule has 0 aliphatic rings. The molecule has 24 heavy (non-hydrogen) atoms. The molecule has 0 bridgehead atoms. The molecule has 0 aliphatic heterocycles. The Kier molecular flexibility index (Phi) is 11.5. The van der Waals surface area contributed by atoms with E-state index >= 15 is 0 Å². The number of rotatable bonds is 12. The molecule has 0 aliphatic carbocycles. The van der Waals surface area contributed by atoms with E-state index in [9.17, 15) is 9.13 Å². The van der Waals surface area contributed by atoms with Crippen molar-refractivity contribution in [1.82, 2.24) is 0 Å². The van der Waals surface area contributed by atoms with E-state index in [2.05, 4.69) is 22.6 Å². The Morgan fingerprint density at radius 1 is 0.667 bits per heavy atom. The fourth-order valence-electron chi connectivity index (χ4n) is 2.09. The smallest absolute Gasteiger partial charge is 0.305 e. The van der Waals surface area contributed by atoms with Crippen LogP contribution in [0.4, 0.5) is 0 Å². The van der Waals surface area contributed by atoms with Crippen LogP contribution in [0.2, 0.25) is 0 Å². The molecule has 0 fully saturated rings. The number of alkyl halides is 1. The van der Waals surface area contributed by atoms with Gasteiger partial charge in [-0.25, -0.2) is 0 Å². The number of halogens is 1. The van der Waals surface area contributed by atoms with Crippen LogP contribution in [0.5, 0.6) is 0 Å². The van der Waals surface area contributed by atoms with Crippen molar-refractivity contribution in [3.8, 4) is 0 Å². The van der Waals surface area contributed by atoms with Crippen LogP contribution in [-0.2, 0) is 27.2 Å². The fourth-order valence-corrected chi connectivity index (χ4v) is 9.64. The van der Waals surface area contributed by atoms with Crippen molar-refractivity contribution in [1.29, 1.82) is 0 Å². The highest BCUT2D eigenvalue weighted by atomic mass is 127. The van der Waals surface area contributed by atoms with Gasteiger partial charge in [0.05, 0.1) is 24.4 Å². The third-order valence-electron chi connectivity index (χ3n) is 2.53. The highest BCUT2D eigenvalue weighted by Crippen LogP contribution is 2.72. The van der Waals surface area contributed by atoms with Crippen molar-refractivity contribution < 1.29 is 27.2 Å². The summed E-state index contributed by atoms with van der Waals surface area (Å²) < 4.78 is 50.4. The topological polar surface area (TPSA) is 71.1 Å². The van der Waals surface area contributed by atoms with Crippen LogP contribution in [0.15, 0.2) is 0 Å². The molecular formula is C15H33IO6P2. The Morgan fingerprint density at radius 2 is 0.917 bits per heavy atom. The summed E-state index contributed by atoms with van der Waals surface area (Å²) in [5.41, 5.74) is 0. The van der Waals surface area contributed by atoms with Gasteiger partial charge >= 0.3 is 15.2 Å². The fraction of sp³-hybridized carbons (Fsp3) is 1.00. The molecule has 9 heteroatoms. The van der Waals surface area contributed by atoms with Gasteiger partial charge in [-0.15, -0.1) is 0 Å². The van der Waals surface area contributed by atoms with Gasteiger partial charge in [-0.3, -0.25) is 9.13 Å². The first-order chi connectivity index (χ1) is 10.9. The van der Waals surface area contributed by atoms with Crippen molar-refractivity contribution in [2.75, 3.05) is 4.43 Å². The van der Waals surface area contributed by atoms with Crippen molar-refractivity contribution in [2.45, 2.75) is 91.6 Å². The second-order valence-electron chi connectivity index (χ2n) is 6.65. The second kappa shape index (κ2) is 11.0. The van der Waals surface area contributed by atoms with E-state index in [1.807, 2.05) is 0 Å². The molecule has 0 amide bonds. The summed E-state index contributed by atoms with van der Waals surface area (Å²) in [6, 6.07) is 0. The van der Waals surface area contributed by atoms with E-state index in [-0.39, 0.29) is 24.4 Å². The molecule has 0 saturated carbocycles. The summed E-state index contributed by atoms with van der Waals surface area (Å²) in [6.45, 7) is 14.2. The quantitative estimate of drug-likeness (QED) is 0.181. The molecule has 0 atom stereocenters. The maximum Gasteiger partial charge on any atom is 0.346 e. The summed E-state index contributed by atoms with van der Waals surface area (Å²) >= 11 is 2.15. The normalized spacial score (nSPS) is 13.9. The number of hydrogen-bond donors (Lipinski definition) is 0. The molecule has 0 aromatic heterocycles. The van der Waals surface area contributed by atoms with Crippen LogP contribution >= 0.6 is 37.8 Å². The van der Waals surface area contributed by atoms with Crippen molar-refractivity contribution in [3.05, 3.63) is 0 Å². The Balaban J connectivity index is 6.02. The van der Waals surface area contributed by atoms with E-state index in [1.54, 1.807) is 55.4 Å². The molecule has 0 saturated heterocycles. The first-order valence-electron chi connectivity index (χ1n) is 8.35. The third-order valence-corrected chi connectivity index (χ3v) is 9.69. The van der Waals surface area contributed by atoms with Crippen molar-refractivity contribution >= 4 is 37.8 Å². The highest BCUT2D eigenvalue weighted by Gasteiger charge is 2.52. The molecule has 0 spiro atoms. The maximum absolute atomic E-state index is 13.6. The summed E-state index contributed by atoms with van der Waals surface area (Å²) in [5.74, 6) is 0. The molecule has 6 nitrogen and oxygen atoms in total. The lowest BCUT2D eigenvalue weighted by Gasteiger charge is -2.35. The van der Waals surface area contributed by atoms with Gasteiger partial charge in [0.15, 0.2) is 5.40 Å². The van der Waals surface area contributed by atoms with Gasteiger partial charge in [0.2, 0.25) is 0 Å². The zero-order valence-corrected chi connectivity index (χ0v) is 20.0. The summed E-state index contributed by atoms with van der Waals surface area (Å²) in [5, 5.41) is -0.948. The van der Waals surface area contributed by atoms with Crippen LogP contribution in [0.3, 0.4) is 0 Å². The SMILES string of the molecule is CC(C)OP(=O)(OC(C)C)C(CCI)P(=O)(OC(C)C)OC(C)C.